The Morgan fingerprint density at radius 3 is 2.67 bits per heavy atom. The fraction of sp³-hybridized carbons (Fsp3) is 0.238. The Morgan fingerprint density at radius 2 is 1.93 bits per heavy atom. The first kappa shape index (κ1) is 20.4. The molecule has 0 aliphatic carbocycles. The fourth-order valence-corrected chi connectivity index (χ4v) is 4.84. The number of amides is 1. The average molecular weight is 445 g/mol. The lowest BCUT2D eigenvalue weighted by Crippen LogP contribution is -2.39. The zero-order valence-electron chi connectivity index (χ0n) is 16.1. The molecule has 9 heteroatoms. The number of H-pyrrole nitrogens is 1. The molecule has 1 aliphatic rings. The lowest BCUT2D eigenvalue weighted by Gasteiger charge is -2.32. The van der Waals surface area contributed by atoms with E-state index in [-0.39, 0.29) is 22.4 Å². The van der Waals surface area contributed by atoms with Gasteiger partial charge in [0.05, 0.1) is 16.1 Å². The number of rotatable bonds is 5. The minimum atomic E-state index is -3.86. The van der Waals surface area contributed by atoms with Crippen LogP contribution in [0.25, 0.3) is 0 Å². The molecule has 0 spiro atoms. The van der Waals surface area contributed by atoms with E-state index in [1.54, 1.807) is 41.6 Å². The summed E-state index contributed by atoms with van der Waals surface area (Å²) in [6, 6.07) is 12.5. The van der Waals surface area contributed by atoms with Crippen LogP contribution < -0.4 is 4.72 Å². The largest absolute Gasteiger partial charge is 0.348 e. The van der Waals surface area contributed by atoms with Crippen LogP contribution in [0.3, 0.4) is 0 Å². The molecule has 2 heterocycles. The van der Waals surface area contributed by atoms with E-state index < -0.39 is 10.0 Å². The number of carbonyl (C=O) groups is 1. The SMILES string of the molecule is O=C(c1ccccc1NS(=O)(=O)c1ccc(Cl)cc1)N1CCCC(c2ncc[nH]2)C1. The zero-order valence-corrected chi connectivity index (χ0v) is 17.7. The number of hydrogen-bond donors (Lipinski definition) is 2. The number of carbonyl (C=O) groups excluding carboxylic acids is 1. The van der Waals surface area contributed by atoms with E-state index in [4.69, 9.17) is 11.6 Å². The first-order chi connectivity index (χ1) is 14.4. The van der Waals surface area contributed by atoms with Gasteiger partial charge in [-0.25, -0.2) is 13.4 Å². The predicted molar refractivity (Wildman–Crippen MR) is 115 cm³/mol. The van der Waals surface area contributed by atoms with Gasteiger partial charge in [0.1, 0.15) is 5.82 Å². The highest BCUT2D eigenvalue weighted by molar-refractivity contribution is 7.92. The molecule has 1 aliphatic heterocycles. The lowest BCUT2D eigenvalue weighted by molar-refractivity contribution is 0.0706. The molecule has 1 amide bonds. The van der Waals surface area contributed by atoms with Crippen LogP contribution in [-0.4, -0.2) is 42.3 Å². The number of sulfonamides is 1. The Balaban J connectivity index is 1.57. The van der Waals surface area contributed by atoms with Gasteiger partial charge < -0.3 is 9.88 Å². The molecule has 2 N–H and O–H groups in total. The van der Waals surface area contributed by atoms with Crippen LogP contribution in [0.5, 0.6) is 0 Å². The number of nitrogens with zero attached hydrogens (tertiary/aromatic N) is 2. The van der Waals surface area contributed by atoms with E-state index in [1.807, 2.05) is 0 Å². The molecular formula is C21H21ClN4O3S. The molecule has 0 saturated carbocycles. The minimum Gasteiger partial charge on any atom is -0.348 e. The summed E-state index contributed by atoms with van der Waals surface area (Å²) in [6.07, 6.45) is 5.28. The molecular weight excluding hydrogens is 424 g/mol. The Morgan fingerprint density at radius 1 is 1.17 bits per heavy atom. The van der Waals surface area contributed by atoms with E-state index in [0.29, 0.717) is 23.7 Å². The van der Waals surface area contributed by atoms with Gasteiger partial charge in [-0.15, -0.1) is 0 Å². The molecule has 4 rings (SSSR count). The maximum absolute atomic E-state index is 13.2. The van der Waals surface area contributed by atoms with E-state index in [1.165, 1.54) is 24.3 Å². The molecule has 0 radical (unpaired) electrons. The quantitative estimate of drug-likeness (QED) is 0.624. The highest BCUT2D eigenvalue weighted by Crippen LogP contribution is 2.28. The maximum Gasteiger partial charge on any atom is 0.261 e. The third-order valence-corrected chi connectivity index (χ3v) is 6.77. The molecule has 156 valence electrons. The number of piperidine rings is 1. The first-order valence-corrected chi connectivity index (χ1v) is 11.5. The van der Waals surface area contributed by atoms with E-state index in [9.17, 15) is 13.2 Å². The molecule has 1 aromatic heterocycles. The topological polar surface area (TPSA) is 95.2 Å². The number of benzene rings is 2. The van der Waals surface area contributed by atoms with Crippen molar-refractivity contribution in [3.63, 3.8) is 0 Å². The van der Waals surface area contributed by atoms with Crippen LogP contribution in [-0.2, 0) is 10.0 Å². The van der Waals surface area contributed by atoms with Gasteiger partial charge in [0.25, 0.3) is 15.9 Å². The Hall–Kier alpha value is -2.84. The van der Waals surface area contributed by atoms with Gasteiger partial charge in [0, 0.05) is 36.4 Å². The van der Waals surface area contributed by atoms with Crippen molar-refractivity contribution in [3.8, 4) is 0 Å². The van der Waals surface area contributed by atoms with Gasteiger partial charge in [0.15, 0.2) is 0 Å². The number of imidazole rings is 1. The van der Waals surface area contributed by atoms with Crippen molar-refractivity contribution in [2.24, 2.45) is 0 Å². The zero-order chi connectivity index (χ0) is 21.1. The molecule has 3 aromatic rings. The van der Waals surface area contributed by atoms with Crippen LogP contribution in [0.1, 0.15) is 34.9 Å². The number of aromatic amines is 1. The van der Waals surface area contributed by atoms with Crippen molar-refractivity contribution in [2.75, 3.05) is 17.8 Å². The van der Waals surface area contributed by atoms with Crippen molar-refractivity contribution in [2.45, 2.75) is 23.7 Å². The number of aromatic nitrogens is 2. The van der Waals surface area contributed by atoms with Crippen molar-refractivity contribution in [1.82, 2.24) is 14.9 Å². The van der Waals surface area contributed by atoms with Crippen LogP contribution in [0.4, 0.5) is 5.69 Å². The predicted octanol–water partition coefficient (Wildman–Crippen LogP) is 3.88. The molecule has 7 nitrogen and oxygen atoms in total. The average Bonchev–Trinajstić information content (AvgIpc) is 3.29. The first-order valence-electron chi connectivity index (χ1n) is 9.60. The summed E-state index contributed by atoms with van der Waals surface area (Å²) < 4.78 is 28.1. The minimum absolute atomic E-state index is 0.0741. The highest BCUT2D eigenvalue weighted by Gasteiger charge is 2.28. The lowest BCUT2D eigenvalue weighted by atomic mass is 9.96. The van der Waals surface area contributed by atoms with E-state index in [2.05, 4.69) is 14.7 Å². The summed E-state index contributed by atoms with van der Waals surface area (Å²) >= 11 is 5.85. The standard InChI is InChI=1S/C21H21ClN4O3S/c22-16-7-9-17(10-8-16)30(28,29)25-19-6-2-1-5-18(19)21(27)26-13-3-4-15(14-26)20-23-11-12-24-20/h1-2,5-12,15,25H,3-4,13-14H2,(H,23,24). The molecule has 2 aromatic carbocycles. The third kappa shape index (κ3) is 4.34. The Bertz CT molecular complexity index is 1130. The third-order valence-electron chi connectivity index (χ3n) is 5.14. The van der Waals surface area contributed by atoms with Crippen molar-refractivity contribution < 1.29 is 13.2 Å². The van der Waals surface area contributed by atoms with Crippen molar-refractivity contribution in [1.29, 1.82) is 0 Å². The number of nitrogens with one attached hydrogen (secondary N) is 2. The summed E-state index contributed by atoms with van der Waals surface area (Å²) in [5.74, 6) is 0.792. The van der Waals surface area contributed by atoms with Gasteiger partial charge in [-0.2, -0.15) is 0 Å². The number of hydrogen-bond acceptors (Lipinski definition) is 4. The van der Waals surface area contributed by atoms with Gasteiger partial charge >= 0.3 is 0 Å². The van der Waals surface area contributed by atoms with E-state index >= 15 is 0 Å². The summed E-state index contributed by atoms with van der Waals surface area (Å²) in [7, 11) is -3.86. The second-order valence-electron chi connectivity index (χ2n) is 7.17. The number of halogens is 1. The van der Waals surface area contributed by atoms with Gasteiger partial charge in [-0.05, 0) is 49.2 Å². The second kappa shape index (κ2) is 8.49. The monoisotopic (exact) mass is 444 g/mol. The molecule has 1 atom stereocenters. The molecule has 30 heavy (non-hydrogen) atoms. The van der Waals surface area contributed by atoms with Crippen LogP contribution >= 0.6 is 11.6 Å². The van der Waals surface area contributed by atoms with Crippen LogP contribution in [0, 0.1) is 0 Å². The van der Waals surface area contributed by atoms with Crippen molar-refractivity contribution >= 4 is 33.2 Å². The molecule has 1 unspecified atom stereocenters. The number of anilines is 1. The van der Waals surface area contributed by atoms with E-state index in [0.717, 1.165) is 18.7 Å². The Kier molecular flexibility index (Phi) is 5.78. The highest BCUT2D eigenvalue weighted by atomic mass is 35.5. The van der Waals surface area contributed by atoms with Gasteiger partial charge in [0.2, 0.25) is 0 Å². The van der Waals surface area contributed by atoms with Gasteiger partial charge in [-0.3, -0.25) is 9.52 Å². The molecule has 1 saturated heterocycles. The summed E-state index contributed by atoms with van der Waals surface area (Å²) in [6.45, 7) is 1.15. The summed E-state index contributed by atoms with van der Waals surface area (Å²) in [5.41, 5.74) is 0.563. The maximum atomic E-state index is 13.2. The smallest absolute Gasteiger partial charge is 0.261 e. The Labute approximate surface area is 180 Å². The van der Waals surface area contributed by atoms with Gasteiger partial charge in [-0.1, -0.05) is 23.7 Å². The molecule has 1 fully saturated rings. The number of likely N-dealkylation sites (tertiary alicyclic amines) is 1. The van der Waals surface area contributed by atoms with Crippen LogP contribution in [0.15, 0.2) is 65.8 Å². The van der Waals surface area contributed by atoms with Crippen molar-refractivity contribution in [3.05, 3.63) is 77.3 Å². The summed E-state index contributed by atoms with van der Waals surface area (Å²) in [4.78, 5) is 22.5. The number of para-hydroxylation sites is 1. The van der Waals surface area contributed by atoms with Crippen LogP contribution in [0.2, 0.25) is 5.02 Å². The normalized spacial score (nSPS) is 17.0. The molecule has 0 bridgehead atoms. The second-order valence-corrected chi connectivity index (χ2v) is 9.29. The summed E-state index contributed by atoms with van der Waals surface area (Å²) in [5, 5.41) is 0.445. The fourth-order valence-electron chi connectivity index (χ4n) is 3.63.